The number of nitrogens with two attached hydrogens (primary N) is 2. The van der Waals surface area contributed by atoms with Crippen molar-refractivity contribution in [3.05, 3.63) is 34.3 Å². The number of halogens is 1. The molecule has 0 saturated carbocycles. The number of rotatable bonds is 3. The molecule has 0 aliphatic heterocycles. The topological polar surface area (TPSA) is 52.0 Å². The molecule has 1 aromatic carbocycles. The summed E-state index contributed by atoms with van der Waals surface area (Å²) in [5.74, 6) is 0. The molecule has 0 spiro atoms. The summed E-state index contributed by atoms with van der Waals surface area (Å²) >= 11 is 5.83. The van der Waals surface area contributed by atoms with Crippen LogP contribution in [0.5, 0.6) is 0 Å². The molecule has 1 aromatic rings. The third kappa shape index (κ3) is 2.69. The average Bonchev–Trinajstić information content (AvgIpc) is 2.04. The molecule has 72 valence electrons. The van der Waals surface area contributed by atoms with Crippen LogP contribution in [0.4, 0.5) is 0 Å². The van der Waals surface area contributed by atoms with Gasteiger partial charge >= 0.3 is 0 Å². The molecule has 0 bridgehead atoms. The van der Waals surface area contributed by atoms with Crippen molar-refractivity contribution in [1.29, 1.82) is 0 Å². The highest BCUT2D eigenvalue weighted by Crippen LogP contribution is 2.21. The molecule has 0 aliphatic carbocycles. The molecule has 1 atom stereocenters. The Morgan fingerprint density at radius 3 is 2.69 bits per heavy atom. The lowest BCUT2D eigenvalue weighted by Gasteiger charge is -2.13. The highest BCUT2D eigenvalue weighted by molar-refractivity contribution is 6.30. The summed E-state index contributed by atoms with van der Waals surface area (Å²) in [5, 5.41) is 0.751. The number of benzene rings is 1. The van der Waals surface area contributed by atoms with E-state index < -0.39 is 0 Å². The van der Waals surface area contributed by atoms with Gasteiger partial charge in [0.25, 0.3) is 0 Å². The first kappa shape index (κ1) is 10.5. The molecule has 0 fully saturated rings. The van der Waals surface area contributed by atoms with Crippen LogP contribution in [0.1, 0.15) is 23.6 Å². The van der Waals surface area contributed by atoms with Crippen LogP contribution in [-0.4, -0.2) is 6.54 Å². The predicted octanol–water partition coefficient (Wildman–Crippen LogP) is 2.00. The van der Waals surface area contributed by atoms with Crippen LogP contribution in [0.3, 0.4) is 0 Å². The molecule has 0 radical (unpaired) electrons. The van der Waals surface area contributed by atoms with Gasteiger partial charge in [0.15, 0.2) is 0 Å². The van der Waals surface area contributed by atoms with E-state index in [1.807, 2.05) is 25.1 Å². The molecule has 0 amide bonds. The van der Waals surface area contributed by atoms with Gasteiger partial charge in [0.2, 0.25) is 0 Å². The van der Waals surface area contributed by atoms with Crippen molar-refractivity contribution in [2.45, 2.75) is 19.4 Å². The van der Waals surface area contributed by atoms with Crippen LogP contribution in [0.25, 0.3) is 0 Å². The Kier molecular flexibility index (Phi) is 3.72. The van der Waals surface area contributed by atoms with E-state index in [-0.39, 0.29) is 6.04 Å². The summed E-state index contributed by atoms with van der Waals surface area (Å²) < 4.78 is 0. The van der Waals surface area contributed by atoms with Crippen molar-refractivity contribution in [2.75, 3.05) is 6.54 Å². The second kappa shape index (κ2) is 4.61. The zero-order valence-electron chi connectivity index (χ0n) is 7.76. The van der Waals surface area contributed by atoms with Crippen molar-refractivity contribution in [3.63, 3.8) is 0 Å². The van der Waals surface area contributed by atoms with E-state index in [0.717, 1.165) is 22.6 Å². The van der Waals surface area contributed by atoms with Gasteiger partial charge in [-0.1, -0.05) is 17.7 Å². The summed E-state index contributed by atoms with van der Waals surface area (Å²) in [6.07, 6.45) is 0.808. The van der Waals surface area contributed by atoms with Gasteiger partial charge in [-0.3, -0.25) is 0 Å². The fourth-order valence-corrected chi connectivity index (χ4v) is 1.62. The standard InChI is InChI=1S/C10H15ClN2/c1-7-6-8(11)2-3-9(7)10(13)4-5-12/h2-3,6,10H,4-5,12-13H2,1H3/t10-/m1/s1. The molecule has 0 unspecified atom stereocenters. The van der Waals surface area contributed by atoms with E-state index in [2.05, 4.69) is 0 Å². The summed E-state index contributed by atoms with van der Waals surface area (Å²) in [7, 11) is 0. The van der Waals surface area contributed by atoms with Crippen molar-refractivity contribution in [1.82, 2.24) is 0 Å². The highest BCUT2D eigenvalue weighted by Gasteiger charge is 2.07. The first-order valence-corrected chi connectivity index (χ1v) is 4.74. The number of aryl methyl sites for hydroxylation is 1. The smallest absolute Gasteiger partial charge is 0.0408 e. The maximum absolute atomic E-state index is 5.93. The zero-order valence-corrected chi connectivity index (χ0v) is 8.51. The Hall–Kier alpha value is -0.570. The first-order valence-electron chi connectivity index (χ1n) is 4.37. The Bertz CT molecular complexity index is 286. The third-order valence-corrected chi connectivity index (χ3v) is 2.34. The normalized spacial score (nSPS) is 12.9. The molecule has 0 saturated heterocycles. The molecular weight excluding hydrogens is 184 g/mol. The number of hydrogen-bond donors (Lipinski definition) is 2. The Morgan fingerprint density at radius 1 is 1.46 bits per heavy atom. The van der Waals surface area contributed by atoms with Crippen LogP contribution in [-0.2, 0) is 0 Å². The maximum Gasteiger partial charge on any atom is 0.0408 e. The van der Waals surface area contributed by atoms with Crippen LogP contribution in [0, 0.1) is 6.92 Å². The van der Waals surface area contributed by atoms with E-state index >= 15 is 0 Å². The Labute approximate surface area is 83.9 Å². The summed E-state index contributed by atoms with van der Waals surface area (Å²) in [4.78, 5) is 0. The van der Waals surface area contributed by atoms with Gasteiger partial charge in [-0.15, -0.1) is 0 Å². The molecule has 13 heavy (non-hydrogen) atoms. The lowest BCUT2D eigenvalue weighted by Crippen LogP contribution is -2.16. The Balaban J connectivity index is 2.88. The minimum atomic E-state index is 0.0299. The predicted molar refractivity (Wildman–Crippen MR) is 56.8 cm³/mol. The summed E-state index contributed by atoms with van der Waals surface area (Å²) in [5.41, 5.74) is 13.6. The molecule has 0 heterocycles. The summed E-state index contributed by atoms with van der Waals surface area (Å²) in [6.45, 7) is 2.63. The van der Waals surface area contributed by atoms with Gasteiger partial charge < -0.3 is 11.5 Å². The van der Waals surface area contributed by atoms with Gasteiger partial charge in [0.1, 0.15) is 0 Å². The Morgan fingerprint density at radius 2 is 2.15 bits per heavy atom. The quantitative estimate of drug-likeness (QED) is 0.781. The highest BCUT2D eigenvalue weighted by atomic mass is 35.5. The molecule has 1 rings (SSSR count). The van der Waals surface area contributed by atoms with Gasteiger partial charge in [-0.2, -0.15) is 0 Å². The molecule has 4 N–H and O–H groups in total. The minimum Gasteiger partial charge on any atom is -0.330 e. The third-order valence-electron chi connectivity index (χ3n) is 2.11. The largest absolute Gasteiger partial charge is 0.330 e. The maximum atomic E-state index is 5.93. The lowest BCUT2D eigenvalue weighted by atomic mass is 10.00. The lowest BCUT2D eigenvalue weighted by molar-refractivity contribution is 0.658. The van der Waals surface area contributed by atoms with Gasteiger partial charge in [-0.25, -0.2) is 0 Å². The molecule has 0 aromatic heterocycles. The van der Waals surface area contributed by atoms with Crippen molar-refractivity contribution < 1.29 is 0 Å². The minimum absolute atomic E-state index is 0.0299. The van der Waals surface area contributed by atoms with E-state index in [1.165, 1.54) is 0 Å². The second-order valence-electron chi connectivity index (χ2n) is 3.18. The average molecular weight is 199 g/mol. The van der Waals surface area contributed by atoms with Gasteiger partial charge in [-0.05, 0) is 43.1 Å². The van der Waals surface area contributed by atoms with Gasteiger partial charge in [0, 0.05) is 11.1 Å². The van der Waals surface area contributed by atoms with Crippen molar-refractivity contribution in [2.24, 2.45) is 11.5 Å². The second-order valence-corrected chi connectivity index (χ2v) is 3.62. The van der Waals surface area contributed by atoms with E-state index in [1.54, 1.807) is 0 Å². The zero-order chi connectivity index (χ0) is 9.84. The fraction of sp³-hybridized carbons (Fsp3) is 0.400. The molecule has 2 nitrogen and oxygen atoms in total. The molecule has 0 aliphatic rings. The van der Waals surface area contributed by atoms with Crippen LogP contribution in [0.15, 0.2) is 18.2 Å². The van der Waals surface area contributed by atoms with Crippen LogP contribution < -0.4 is 11.5 Å². The molecular formula is C10H15ClN2. The van der Waals surface area contributed by atoms with Crippen molar-refractivity contribution in [3.8, 4) is 0 Å². The summed E-state index contributed by atoms with van der Waals surface area (Å²) in [6, 6.07) is 5.79. The van der Waals surface area contributed by atoms with E-state index in [9.17, 15) is 0 Å². The van der Waals surface area contributed by atoms with Gasteiger partial charge in [0.05, 0.1) is 0 Å². The number of hydrogen-bond acceptors (Lipinski definition) is 2. The van der Waals surface area contributed by atoms with Crippen LogP contribution >= 0.6 is 11.6 Å². The van der Waals surface area contributed by atoms with E-state index in [4.69, 9.17) is 23.1 Å². The van der Waals surface area contributed by atoms with Crippen molar-refractivity contribution >= 4 is 11.6 Å². The SMILES string of the molecule is Cc1cc(Cl)ccc1[C@H](N)CCN. The fourth-order valence-electron chi connectivity index (χ4n) is 1.39. The van der Waals surface area contributed by atoms with E-state index in [0.29, 0.717) is 6.54 Å². The molecule has 3 heteroatoms. The first-order chi connectivity index (χ1) is 6.15. The van der Waals surface area contributed by atoms with Crippen LogP contribution in [0.2, 0.25) is 5.02 Å². The monoisotopic (exact) mass is 198 g/mol.